The number of rotatable bonds is 13. The lowest BCUT2D eigenvalue weighted by molar-refractivity contribution is -0.138. The zero-order valence-electron chi connectivity index (χ0n) is 29.6. The molecule has 2 saturated heterocycles. The second-order valence-electron chi connectivity index (χ2n) is 13.3. The first-order chi connectivity index (χ1) is 27.2. The van der Waals surface area contributed by atoms with Crippen LogP contribution in [0.1, 0.15) is 45.8 Å². The number of benzene rings is 4. The summed E-state index contributed by atoms with van der Waals surface area (Å²) in [5.41, 5.74) is 7.57. The van der Waals surface area contributed by atoms with Crippen LogP contribution in [-0.4, -0.2) is 54.4 Å². The van der Waals surface area contributed by atoms with Crippen molar-refractivity contribution in [2.24, 2.45) is 0 Å². The van der Waals surface area contributed by atoms with Crippen LogP contribution in [-0.2, 0) is 32.0 Å². The summed E-state index contributed by atoms with van der Waals surface area (Å²) in [6, 6.07) is 35.8. The van der Waals surface area contributed by atoms with Crippen molar-refractivity contribution in [3.63, 3.8) is 0 Å². The Kier molecular flexibility index (Phi) is 11.1. The molecule has 4 heterocycles. The molecular formula is C42H34N4O6S4. The molecule has 0 unspecified atom stereocenters. The lowest BCUT2D eigenvalue weighted by Gasteiger charge is -2.21. The van der Waals surface area contributed by atoms with Crippen molar-refractivity contribution in [2.45, 2.75) is 46.9 Å². The molecule has 4 atom stereocenters. The molecule has 2 aliphatic rings. The molecule has 8 rings (SSSR count). The molecule has 2 N–H and O–H groups in total. The SMILES string of the molecule is O=C(O)C[C@H]1S[C@H](c2ccccc2)N(c2nc(-c3ccc(CCc4ccc(-c5csc(N6C(=O)[C@@H](CC(=O)O)S[C@@H]6c6ccccc6)n5)cc4)cc3)cs2)C1=O. The van der Waals surface area contributed by atoms with E-state index in [0.29, 0.717) is 10.3 Å². The molecule has 2 aliphatic heterocycles. The van der Waals surface area contributed by atoms with E-state index in [1.54, 1.807) is 9.80 Å². The second kappa shape index (κ2) is 16.4. The third-order valence-electron chi connectivity index (χ3n) is 9.57. The fourth-order valence-electron chi connectivity index (χ4n) is 6.75. The van der Waals surface area contributed by atoms with E-state index in [1.165, 1.54) is 57.3 Å². The number of nitrogens with zero attached hydrogens (tertiary/aromatic N) is 4. The van der Waals surface area contributed by atoms with Crippen LogP contribution in [0.5, 0.6) is 0 Å². The van der Waals surface area contributed by atoms with Gasteiger partial charge in [-0.3, -0.25) is 29.0 Å². The minimum Gasteiger partial charge on any atom is -0.481 e. The number of hydrogen-bond acceptors (Lipinski definition) is 10. The third-order valence-corrected chi connectivity index (χ3v) is 14.1. The molecule has 0 saturated carbocycles. The molecule has 2 aromatic heterocycles. The summed E-state index contributed by atoms with van der Waals surface area (Å²) in [6.07, 6.45) is 1.19. The number of amides is 2. The molecule has 56 heavy (non-hydrogen) atoms. The topological polar surface area (TPSA) is 141 Å². The Morgan fingerprint density at radius 1 is 0.554 bits per heavy atom. The van der Waals surface area contributed by atoms with E-state index in [-0.39, 0.29) is 35.4 Å². The van der Waals surface area contributed by atoms with Crippen LogP contribution in [0, 0.1) is 0 Å². The van der Waals surface area contributed by atoms with Crippen molar-refractivity contribution in [1.29, 1.82) is 0 Å². The van der Waals surface area contributed by atoms with Crippen LogP contribution in [0.25, 0.3) is 22.5 Å². The van der Waals surface area contributed by atoms with E-state index in [2.05, 4.69) is 24.3 Å². The molecule has 14 heteroatoms. The van der Waals surface area contributed by atoms with Crippen LogP contribution >= 0.6 is 46.2 Å². The van der Waals surface area contributed by atoms with Crippen LogP contribution in [0.2, 0.25) is 0 Å². The number of thiazole rings is 2. The number of aryl methyl sites for hydroxylation is 2. The number of carbonyl (C=O) groups is 4. The summed E-state index contributed by atoms with van der Waals surface area (Å²) in [6.45, 7) is 0. The first-order valence-corrected chi connectivity index (χ1v) is 21.5. The zero-order valence-corrected chi connectivity index (χ0v) is 32.9. The highest BCUT2D eigenvalue weighted by Crippen LogP contribution is 2.49. The number of aliphatic carboxylic acids is 2. The number of carbonyl (C=O) groups excluding carboxylic acids is 2. The first-order valence-electron chi connectivity index (χ1n) is 17.8. The van der Waals surface area contributed by atoms with Crippen molar-refractivity contribution in [2.75, 3.05) is 9.80 Å². The average molecular weight is 819 g/mol. The van der Waals surface area contributed by atoms with E-state index < -0.39 is 22.4 Å². The second-order valence-corrected chi connectivity index (χ2v) is 17.6. The highest BCUT2D eigenvalue weighted by Gasteiger charge is 2.45. The average Bonchev–Trinajstić information content (AvgIpc) is 4.02. The maximum absolute atomic E-state index is 13.4. The summed E-state index contributed by atoms with van der Waals surface area (Å²) in [7, 11) is 0. The Labute approximate surface area is 339 Å². The Hall–Kier alpha value is -5.28. The maximum atomic E-state index is 13.4. The maximum Gasteiger partial charge on any atom is 0.305 e. The molecule has 6 aromatic rings. The van der Waals surface area contributed by atoms with Crippen molar-refractivity contribution in [1.82, 2.24) is 9.97 Å². The zero-order chi connectivity index (χ0) is 38.8. The fourth-order valence-corrected chi connectivity index (χ4v) is 11.5. The number of carboxylic acid groups (broad SMARTS) is 2. The Bertz CT molecular complexity index is 2200. The third kappa shape index (κ3) is 8.01. The van der Waals surface area contributed by atoms with Crippen LogP contribution in [0.3, 0.4) is 0 Å². The van der Waals surface area contributed by atoms with Gasteiger partial charge in [-0.05, 0) is 35.1 Å². The predicted octanol–water partition coefficient (Wildman–Crippen LogP) is 8.96. The largest absolute Gasteiger partial charge is 0.481 e. The van der Waals surface area contributed by atoms with Crippen LogP contribution in [0.4, 0.5) is 10.3 Å². The monoisotopic (exact) mass is 818 g/mol. The fraction of sp³-hybridized carbons (Fsp3) is 0.190. The molecule has 0 spiro atoms. The van der Waals surface area contributed by atoms with Gasteiger partial charge in [0.1, 0.15) is 10.7 Å². The molecule has 0 bridgehead atoms. The Morgan fingerprint density at radius 2 is 0.929 bits per heavy atom. The summed E-state index contributed by atoms with van der Waals surface area (Å²) in [5.74, 6) is -2.49. The molecule has 2 amide bonds. The van der Waals surface area contributed by atoms with Gasteiger partial charge in [-0.2, -0.15) is 0 Å². The molecule has 10 nitrogen and oxygen atoms in total. The minimum absolute atomic E-state index is 0.240. The quantitative estimate of drug-likeness (QED) is 0.116. The van der Waals surface area contributed by atoms with E-state index in [9.17, 15) is 29.4 Å². The van der Waals surface area contributed by atoms with Gasteiger partial charge in [-0.15, -0.1) is 46.2 Å². The van der Waals surface area contributed by atoms with Gasteiger partial charge in [0.05, 0.1) is 34.7 Å². The number of carboxylic acids is 2. The molecular weight excluding hydrogens is 785 g/mol. The molecule has 2 fully saturated rings. The lowest BCUT2D eigenvalue weighted by atomic mass is 10.0. The normalized spacial score (nSPS) is 19.5. The van der Waals surface area contributed by atoms with Gasteiger partial charge in [0.15, 0.2) is 10.3 Å². The molecule has 282 valence electrons. The summed E-state index contributed by atoms with van der Waals surface area (Å²) >= 11 is 5.45. The van der Waals surface area contributed by atoms with Crippen molar-refractivity contribution in [3.8, 4) is 22.5 Å². The van der Waals surface area contributed by atoms with Gasteiger partial charge in [-0.25, -0.2) is 9.97 Å². The van der Waals surface area contributed by atoms with Crippen molar-refractivity contribution < 1.29 is 29.4 Å². The van der Waals surface area contributed by atoms with E-state index in [0.717, 1.165) is 46.5 Å². The van der Waals surface area contributed by atoms with E-state index in [4.69, 9.17) is 9.97 Å². The number of hydrogen-bond donors (Lipinski definition) is 2. The van der Waals surface area contributed by atoms with Crippen molar-refractivity contribution >= 4 is 80.2 Å². The van der Waals surface area contributed by atoms with Gasteiger partial charge in [0, 0.05) is 21.9 Å². The van der Waals surface area contributed by atoms with Crippen molar-refractivity contribution in [3.05, 3.63) is 142 Å². The number of anilines is 2. The minimum atomic E-state index is -1.00. The highest BCUT2D eigenvalue weighted by atomic mass is 32.2. The number of thioether (sulfide) groups is 2. The van der Waals surface area contributed by atoms with Crippen LogP contribution < -0.4 is 9.80 Å². The molecule has 0 radical (unpaired) electrons. The number of aromatic nitrogens is 2. The van der Waals surface area contributed by atoms with Crippen LogP contribution in [0.15, 0.2) is 120 Å². The van der Waals surface area contributed by atoms with Gasteiger partial charge in [-0.1, -0.05) is 109 Å². The van der Waals surface area contributed by atoms with Gasteiger partial charge in [0.2, 0.25) is 11.8 Å². The van der Waals surface area contributed by atoms with Gasteiger partial charge in [0.25, 0.3) is 0 Å². The van der Waals surface area contributed by atoms with E-state index in [1.807, 2.05) is 95.7 Å². The summed E-state index contributed by atoms with van der Waals surface area (Å²) in [5, 5.41) is 21.7. The predicted molar refractivity (Wildman–Crippen MR) is 223 cm³/mol. The first kappa shape index (κ1) is 37.6. The Balaban J connectivity index is 0.911. The highest BCUT2D eigenvalue weighted by molar-refractivity contribution is 8.01. The molecule has 0 aliphatic carbocycles. The van der Waals surface area contributed by atoms with Gasteiger partial charge < -0.3 is 10.2 Å². The Morgan fingerprint density at radius 3 is 1.29 bits per heavy atom. The lowest BCUT2D eigenvalue weighted by Crippen LogP contribution is -2.31. The van der Waals surface area contributed by atoms with Gasteiger partial charge >= 0.3 is 11.9 Å². The molecule has 4 aromatic carbocycles. The standard InChI is InChI=1S/C42H34N4O6S4/c47-35(48)21-33-37(51)45(39(55-33)29-7-3-1-4-8-29)41-43-31(23-53-41)27-17-13-25(14-18-27)11-12-26-15-19-28(20-16-26)32-24-54-42(44-32)46-38(52)34(22-36(49)50)56-40(46)30-9-5-2-6-10-30/h1-10,13-20,23-24,33-34,39-40H,11-12,21-22H2,(H,47,48)(H,49,50)/t33-,34-,39-,40-/m1/s1. The summed E-state index contributed by atoms with van der Waals surface area (Å²) in [4.78, 5) is 62.8. The summed E-state index contributed by atoms with van der Waals surface area (Å²) < 4.78 is 0. The smallest absolute Gasteiger partial charge is 0.305 e. The van der Waals surface area contributed by atoms with E-state index >= 15 is 0 Å².